The van der Waals surface area contributed by atoms with Crippen LogP contribution in [0.3, 0.4) is 0 Å². The third-order valence-electron chi connectivity index (χ3n) is 4.94. The van der Waals surface area contributed by atoms with Crippen molar-refractivity contribution in [1.82, 2.24) is 15.4 Å². The van der Waals surface area contributed by atoms with E-state index in [1.165, 1.54) is 45.2 Å². The maximum Gasteiger partial charge on any atom is 0.151 e. The van der Waals surface area contributed by atoms with Crippen LogP contribution in [0, 0.1) is 11.8 Å². The molecular formula is C17H29N3O. The van der Waals surface area contributed by atoms with E-state index in [9.17, 15) is 0 Å². The van der Waals surface area contributed by atoms with Gasteiger partial charge >= 0.3 is 0 Å². The zero-order valence-corrected chi connectivity index (χ0v) is 13.5. The van der Waals surface area contributed by atoms with Gasteiger partial charge in [0.25, 0.3) is 0 Å². The zero-order valence-electron chi connectivity index (χ0n) is 13.5. The number of nitrogens with one attached hydrogen (secondary N) is 1. The molecule has 1 unspecified atom stereocenters. The number of rotatable bonds is 6. The van der Waals surface area contributed by atoms with Gasteiger partial charge in [-0.15, -0.1) is 0 Å². The molecule has 2 fully saturated rings. The highest BCUT2D eigenvalue weighted by molar-refractivity contribution is 5.06. The van der Waals surface area contributed by atoms with Crippen LogP contribution in [0.5, 0.6) is 0 Å². The van der Waals surface area contributed by atoms with Gasteiger partial charge in [-0.2, -0.15) is 0 Å². The first kappa shape index (κ1) is 15.0. The molecule has 2 heterocycles. The SMILES string of the molecule is CC(C)C1CCCN(Cc2cc(CNC3CC3)no2)CC1. The predicted molar refractivity (Wildman–Crippen MR) is 83.8 cm³/mol. The highest BCUT2D eigenvalue weighted by Crippen LogP contribution is 2.25. The lowest BCUT2D eigenvalue weighted by atomic mass is 9.89. The van der Waals surface area contributed by atoms with Gasteiger partial charge in [-0.3, -0.25) is 4.90 Å². The maximum atomic E-state index is 5.50. The van der Waals surface area contributed by atoms with Crippen LogP contribution in [-0.2, 0) is 13.1 Å². The zero-order chi connectivity index (χ0) is 14.7. The van der Waals surface area contributed by atoms with Crippen molar-refractivity contribution in [2.24, 2.45) is 11.8 Å². The molecule has 1 atom stereocenters. The van der Waals surface area contributed by atoms with Crippen LogP contribution in [0.1, 0.15) is 57.4 Å². The Morgan fingerprint density at radius 3 is 2.90 bits per heavy atom. The van der Waals surface area contributed by atoms with Crippen molar-refractivity contribution in [3.63, 3.8) is 0 Å². The Morgan fingerprint density at radius 2 is 2.14 bits per heavy atom. The van der Waals surface area contributed by atoms with Crippen molar-refractivity contribution < 1.29 is 4.52 Å². The second-order valence-electron chi connectivity index (χ2n) is 7.15. The summed E-state index contributed by atoms with van der Waals surface area (Å²) in [7, 11) is 0. The van der Waals surface area contributed by atoms with Crippen LogP contribution in [0.25, 0.3) is 0 Å². The van der Waals surface area contributed by atoms with Crippen LogP contribution in [0.4, 0.5) is 0 Å². The summed E-state index contributed by atoms with van der Waals surface area (Å²) in [6, 6.07) is 2.85. The number of likely N-dealkylation sites (tertiary alicyclic amines) is 1. The molecule has 3 rings (SSSR count). The van der Waals surface area contributed by atoms with Crippen LogP contribution in [-0.4, -0.2) is 29.2 Å². The molecule has 1 saturated carbocycles. The van der Waals surface area contributed by atoms with E-state index in [1.807, 2.05) is 0 Å². The van der Waals surface area contributed by atoms with Crippen molar-refractivity contribution in [3.8, 4) is 0 Å². The highest BCUT2D eigenvalue weighted by Gasteiger charge is 2.22. The molecule has 0 aromatic carbocycles. The molecule has 0 radical (unpaired) electrons. The summed E-state index contributed by atoms with van der Waals surface area (Å²) < 4.78 is 5.50. The number of aromatic nitrogens is 1. The summed E-state index contributed by atoms with van der Waals surface area (Å²) in [4.78, 5) is 2.53. The van der Waals surface area contributed by atoms with Crippen molar-refractivity contribution in [2.45, 2.75) is 65.1 Å². The van der Waals surface area contributed by atoms with E-state index in [4.69, 9.17) is 4.52 Å². The van der Waals surface area contributed by atoms with Gasteiger partial charge < -0.3 is 9.84 Å². The van der Waals surface area contributed by atoms with E-state index in [1.54, 1.807) is 0 Å². The molecule has 1 N–H and O–H groups in total. The van der Waals surface area contributed by atoms with Gasteiger partial charge in [0.1, 0.15) is 0 Å². The van der Waals surface area contributed by atoms with Crippen molar-refractivity contribution in [1.29, 1.82) is 0 Å². The summed E-state index contributed by atoms with van der Waals surface area (Å²) in [5.41, 5.74) is 1.05. The van der Waals surface area contributed by atoms with Crippen LogP contribution in [0.2, 0.25) is 0 Å². The summed E-state index contributed by atoms with van der Waals surface area (Å²) in [6.07, 6.45) is 6.64. The summed E-state index contributed by atoms with van der Waals surface area (Å²) >= 11 is 0. The average Bonchev–Trinajstić information content (AvgIpc) is 3.22. The maximum absolute atomic E-state index is 5.50. The van der Waals surface area contributed by atoms with Gasteiger partial charge in [0.2, 0.25) is 0 Å². The van der Waals surface area contributed by atoms with Gasteiger partial charge in [-0.25, -0.2) is 0 Å². The van der Waals surface area contributed by atoms with Crippen LogP contribution < -0.4 is 5.32 Å². The Hall–Kier alpha value is -0.870. The molecular weight excluding hydrogens is 262 g/mol. The molecule has 0 bridgehead atoms. The first-order chi connectivity index (χ1) is 10.2. The quantitative estimate of drug-likeness (QED) is 0.874. The second kappa shape index (κ2) is 6.93. The van der Waals surface area contributed by atoms with Crippen molar-refractivity contribution >= 4 is 0 Å². The lowest BCUT2D eigenvalue weighted by Crippen LogP contribution is -2.24. The van der Waals surface area contributed by atoms with Gasteiger partial charge in [0, 0.05) is 18.7 Å². The molecule has 21 heavy (non-hydrogen) atoms. The van der Waals surface area contributed by atoms with E-state index in [0.29, 0.717) is 0 Å². The van der Waals surface area contributed by atoms with Gasteiger partial charge in [-0.1, -0.05) is 19.0 Å². The van der Waals surface area contributed by atoms with E-state index in [2.05, 4.69) is 35.3 Å². The summed E-state index contributed by atoms with van der Waals surface area (Å²) in [5.74, 6) is 2.73. The van der Waals surface area contributed by atoms with E-state index < -0.39 is 0 Å². The third kappa shape index (κ3) is 4.55. The average molecular weight is 291 g/mol. The standard InChI is InChI=1S/C17H29N3O/c1-13(2)14-4-3-8-20(9-7-14)12-17-10-16(19-21-17)11-18-15-5-6-15/h10,13-15,18H,3-9,11-12H2,1-2H3. The van der Waals surface area contributed by atoms with E-state index in [0.717, 1.165) is 42.4 Å². The molecule has 1 aliphatic heterocycles. The predicted octanol–water partition coefficient (Wildman–Crippen LogP) is 3.18. The topological polar surface area (TPSA) is 41.3 Å². The lowest BCUT2D eigenvalue weighted by molar-refractivity contribution is 0.232. The molecule has 4 heteroatoms. The van der Waals surface area contributed by atoms with Crippen molar-refractivity contribution in [2.75, 3.05) is 13.1 Å². The minimum absolute atomic E-state index is 0.726. The lowest BCUT2D eigenvalue weighted by Gasteiger charge is -2.20. The molecule has 118 valence electrons. The van der Waals surface area contributed by atoms with E-state index in [-0.39, 0.29) is 0 Å². The van der Waals surface area contributed by atoms with Crippen LogP contribution >= 0.6 is 0 Å². The smallest absolute Gasteiger partial charge is 0.151 e. The Kier molecular flexibility index (Phi) is 4.96. The molecule has 1 aromatic heterocycles. The molecule has 2 aliphatic rings. The Balaban J connectivity index is 1.46. The third-order valence-corrected chi connectivity index (χ3v) is 4.94. The minimum Gasteiger partial charge on any atom is -0.360 e. The molecule has 1 aliphatic carbocycles. The van der Waals surface area contributed by atoms with Gasteiger partial charge in [0.15, 0.2) is 5.76 Å². The molecule has 1 saturated heterocycles. The number of hydrogen-bond donors (Lipinski definition) is 1. The van der Waals surface area contributed by atoms with E-state index >= 15 is 0 Å². The number of hydrogen-bond acceptors (Lipinski definition) is 4. The Labute approximate surface area is 128 Å². The van der Waals surface area contributed by atoms with Gasteiger partial charge in [0.05, 0.1) is 12.2 Å². The molecule has 1 aromatic rings. The molecule has 0 amide bonds. The molecule has 4 nitrogen and oxygen atoms in total. The number of nitrogens with zero attached hydrogens (tertiary/aromatic N) is 2. The first-order valence-electron chi connectivity index (χ1n) is 8.61. The normalized spacial score (nSPS) is 24.4. The minimum atomic E-state index is 0.726. The summed E-state index contributed by atoms with van der Waals surface area (Å²) in [5, 5.41) is 7.67. The fraction of sp³-hybridized carbons (Fsp3) is 0.824. The molecule has 0 spiro atoms. The Bertz CT molecular complexity index is 439. The monoisotopic (exact) mass is 291 g/mol. The van der Waals surface area contributed by atoms with Crippen molar-refractivity contribution in [3.05, 3.63) is 17.5 Å². The fourth-order valence-electron chi connectivity index (χ4n) is 3.28. The largest absolute Gasteiger partial charge is 0.360 e. The Morgan fingerprint density at radius 1 is 1.29 bits per heavy atom. The fourth-order valence-corrected chi connectivity index (χ4v) is 3.28. The van der Waals surface area contributed by atoms with Gasteiger partial charge in [-0.05, 0) is 57.0 Å². The second-order valence-corrected chi connectivity index (χ2v) is 7.15. The summed E-state index contributed by atoms with van der Waals surface area (Å²) in [6.45, 7) is 8.87. The van der Waals surface area contributed by atoms with Crippen LogP contribution in [0.15, 0.2) is 10.6 Å². The first-order valence-corrected chi connectivity index (χ1v) is 8.61. The highest BCUT2D eigenvalue weighted by atomic mass is 16.5.